The van der Waals surface area contributed by atoms with Crippen molar-refractivity contribution in [1.29, 1.82) is 0 Å². The molecule has 0 radical (unpaired) electrons. The van der Waals surface area contributed by atoms with E-state index in [1.807, 2.05) is 51.7 Å². The van der Waals surface area contributed by atoms with Crippen LogP contribution >= 0.6 is 34.4 Å². The zero-order valence-electron chi connectivity index (χ0n) is 49.9. The second-order valence-corrected chi connectivity index (χ2v) is 23.2. The van der Waals surface area contributed by atoms with Crippen LogP contribution in [0.3, 0.4) is 0 Å². The number of ketones is 2. The average Bonchev–Trinajstić information content (AvgIpc) is 1.75. The molecule has 36 heteroatoms. The number of amides is 2. The number of nitrogens with one attached hydrogen (secondary N) is 4. The molecule has 0 saturated carbocycles. The third kappa shape index (κ3) is 21.9. The fourth-order valence-electron chi connectivity index (χ4n) is 7.91. The minimum atomic E-state index is -5.02. The van der Waals surface area contributed by atoms with E-state index in [-0.39, 0.29) is 38.3 Å². The summed E-state index contributed by atoms with van der Waals surface area (Å²) in [6.45, 7) is 14.9. The number of thioether (sulfide) groups is 1. The zero-order chi connectivity index (χ0) is 67.0. The third-order valence-corrected chi connectivity index (χ3v) is 15.3. The molecule has 91 heavy (non-hydrogen) atoms. The number of aromatic nitrogens is 5. The highest BCUT2D eigenvalue weighted by Crippen LogP contribution is 2.43. The van der Waals surface area contributed by atoms with Gasteiger partial charge in [-0.1, -0.05) is 77.8 Å². The average molecular weight is 1360 g/mol. The van der Waals surface area contributed by atoms with Crippen molar-refractivity contribution in [3.8, 4) is 11.5 Å². The van der Waals surface area contributed by atoms with Gasteiger partial charge in [0.25, 0.3) is 11.8 Å². The Kier molecular flexibility index (Phi) is 27.7. The Morgan fingerprint density at radius 3 is 1.44 bits per heavy atom. The Labute approximate surface area is 537 Å². The van der Waals surface area contributed by atoms with Gasteiger partial charge in [0.2, 0.25) is 27.2 Å². The summed E-state index contributed by atoms with van der Waals surface area (Å²) in [5, 5.41) is 29.3. The number of methoxy groups -OCH3 is 2. The number of Topliss-reactive ketones (excluding diaryl/α,β-unsaturated/α-hetero) is 2. The number of anilines is 8. The second kappa shape index (κ2) is 35.0. The summed E-state index contributed by atoms with van der Waals surface area (Å²) in [4.78, 5) is 79.0. The summed E-state index contributed by atoms with van der Waals surface area (Å²) in [5.74, 6) is -0.847. The molecule has 0 saturated heterocycles. The molecule has 3 heterocycles. The summed E-state index contributed by atoms with van der Waals surface area (Å²) >= 11 is 3.12. The third-order valence-electron chi connectivity index (χ3n) is 11.9. The Bertz CT molecular complexity index is 4200. The number of hydrogen-bond acceptors (Lipinski definition) is 30. The number of ether oxygens (including phenoxy) is 2. The lowest BCUT2D eigenvalue weighted by Crippen LogP contribution is -2.22. The molecule has 0 spiro atoms. The van der Waals surface area contributed by atoms with Gasteiger partial charge in [-0.15, -0.1) is 45.7 Å². The number of thiazole rings is 2. The van der Waals surface area contributed by atoms with Gasteiger partial charge in [-0.2, -0.15) is 23.4 Å². The van der Waals surface area contributed by atoms with Crippen LogP contribution in [0.15, 0.2) is 133 Å². The van der Waals surface area contributed by atoms with Crippen molar-refractivity contribution in [2.24, 2.45) is 20.5 Å². The van der Waals surface area contributed by atoms with Gasteiger partial charge in [0.15, 0.2) is 16.7 Å². The maximum Gasteiger partial charge on any atom is 0.425 e. The van der Waals surface area contributed by atoms with Gasteiger partial charge in [-0.05, 0) is 95.8 Å². The van der Waals surface area contributed by atoms with E-state index in [0.29, 0.717) is 98.9 Å². The number of hydrogen-bond donors (Lipinski definition) is 5. The van der Waals surface area contributed by atoms with Gasteiger partial charge in [0.1, 0.15) is 22.9 Å². The molecule has 7 rings (SSSR count). The first kappa shape index (κ1) is 72.2. The zero-order valence-corrected chi connectivity index (χ0v) is 54.8. The predicted octanol–water partition coefficient (Wildman–Crippen LogP) is 10.4. The lowest BCUT2D eigenvalue weighted by molar-refractivity contribution is -0.120. The number of nitrogens with zero attached hydrogens (tertiary/aromatic N) is 11. The minimum Gasteiger partial charge on any atom is -0.494 e. The fraction of sp³-hybridized carbons (Fsp3) is 0.255. The standard InChI is InChI=1S/C55H59N15O9S4.2O3S/c1-10-69(11-2)43-27-39(41(29-45(43)78-8)65-67-53-56-31-36(81-53)25-37(32(6)71)48(73)57-34-21-17-15-18-22-34)59-51-62-52(64-54(63-51)80-14-5)60-40-28-44(70(12-3)13-4)46(79-9)30-42(40)66-68-55-61-50(83(75,76)77)47(82-55)26-38(33(7)72)49(74)58-35-23-19-16-20-24-35;2*1-4(2)3/h15-31H,10-14H2,1-9H3,(H,57,73)(H,58,74)(H,75,76,77)(H2,59,60,62,63,64);;/b37-25+,38-26-,67-65?,68-66?;;. The van der Waals surface area contributed by atoms with Crippen molar-refractivity contribution in [2.45, 2.75) is 58.6 Å². The van der Waals surface area contributed by atoms with E-state index in [0.717, 1.165) is 30.0 Å². The number of azo groups is 2. The number of benzene rings is 4. The molecule has 0 aliphatic rings. The minimum absolute atomic E-state index is 0.0674. The molecule has 0 aliphatic carbocycles. The van der Waals surface area contributed by atoms with Crippen LogP contribution in [0.5, 0.6) is 11.5 Å². The van der Waals surface area contributed by atoms with Crippen LogP contribution in [0.1, 0.15) is 58.2 Å². The molecular weight excluding hydrogens is 1300 g/mol. The number of carbonyl (C=O) groups excluding carboxylic acids is 4. The Morgan fingerprint density at radius 1 is 0.615 bits per heavy atom. The maximum absolute atomic E-state index is 13.3. The van der Waals surface area contributed by atoms with Gasteiger partial charge in [0, 0.05) is 55.9 Å². The molecule has 0 atom stereocenters. The topological polar surface area (TPSA) is 412 Å². The van der Waals surface area contributed by atoms with Crippen LogP contribution in [0.2, 0.25) is 0 Å². The van der Waals surface area contributed by atoms with Crippen LogP contribution in [0, 0.1) is 0 Å². The van der Waals surface area contributed by atoms with Crippen LogP contribution < -0.4 is 40.5 Å². The second-order valence-electron chi connectivity index (χ2n) is 17.7. The summed E-state index contributed by atoms with van der Waals surface area (Å²) in [6.07, 6.45) is 3.97. The van der Waals surface area contributed by atoms with Crippen LogP contribution in [-0.2, 0) is 50.5 Å². The number of rotatable bonds is 27. The molecule has 0 aliphatic heterocycles. The highest BCUT2D eigenvalue weighted by molar-refractivity contribution is 7.99. The van der Waals surface area contributed by atoms with E-state index < -0.39 is 65.3 Å². The lowest BCUT2D eigenvalue weighted by atomic mass is 10.1. The van der Waals surface area contributed by atoms with E-state index in [2.05, 4.69) is 56.6 Å². The van der Waals surface area contributed by atoms with Crippen LogP contribution in [0.25, 0.3) is 12.2 Å². The normalized spacial score (nSPS) is 11.4. The Hall–Kier alpha value is -9.59. The molecule has 0 bridgehead atoms. The largest absolute Gasteiger partial charge is 0.494 e. The summed E-state index contributed by atoms with van der Waals surface area (Å²) < 4.78 is 98.1. The van der Waals surface area contributed by atoms with Gasteiger partial charge in [-0.3, -0.25) is 23.7 Å². The van der Waals surface area contributed by atoms with E-state index in [1.165, 1.54) is 38.1 Å². The summed E-state index contributed by atoms with van der Waals surface area (Å²) in [7, 11) is -8.19. The molecule has 4 aromatic carbocycles. The molecule has 2 amide bonds. The van der Waals surface area contributed by atoms with Crippen molar-refractivity contribution >= 4 is 169 Å². The van der Waals surface area contributed by atoms with Gasteiger partial charge >= 0.3 is 31.3 Å². The van der Waals surface area contributed by atoms with Crippen LogP contribution in [0.4, 0.5) is 67.7 Å². The smallest absolute Gasteiger partial charge is 0.425 e. The molecule has 3 aromatic heterocycles. The van der Waals surface area contributed by atoms with Gasteiger partial charge in [-0.25, -0.2) is 9.97 Å². The molecule has 30 nitrogen and oxygen atoms in total. The molecule has 0 fully saturated rings. The van der Waals surface area contributed by atoms with E-state index in [1.54, 1.807) is 79.9 Å². The van der Waals surface area contributed by atoms with E-state index in [4.69, 9.17) is 49.7 Å². The van der Waals surface area contributed by atoms with Crippen molar-refractivity contribution in [3.63, 3.8) is 0 Å². The molecular formula is C55H59N15O15S6. The highest BCUT2D eigenvalue weighted by atomic mass is 32.2. The first-order valence-corrected chi connectivity index (χ1v) is 32.8. The monoisotopic (exact) mass is 1360 g/mol. The Balaban J connectivity index is 0.00000177. The number of carbonyl (C=O) groups is 4. The fourth-order valence-corrected chi connectivity index (χ4v) is 10.9. The van der Waals surface area contributed by atoms with Crippen molar-refractivity contribution < 1.29 is 66.9 Å². The molecule has 5 N–H and O–H groups in total. The lowest BCUT2D eigenvalue weighted by Gasteiger charge is -2.25. The first-order valence-electron chi connectivity index (χ1n) is 26.7. The van der Waals surface area contributed by atoms with Gasteiger partial charge in [0.05, 0.1) is 57.9 Å². The predicted molar refractivity (Wildman–Crippen MR) is 345 cm³/mol. The Morgan fingerprint density at radius 2 is 1.04 bits per heavy atom. The summed E-state index contributed by atoms with van der Waals surface area (Å²) in [6, 6.07) is 24.1. The van der Waals surface area contributed by atoms with Crippen molar-refractivity contribution in [1.82, 2.24) is 24.9 Å². The van der Waals surface area contributed by atoms with Crippen molar-refractivity contribution in [2.75, 3.05) is 77.2 Å². The molecule has 0 unspecified atom stereocenters. The maximum atomic E-state index is 13.3. The SMILES string of the molecule is CCSc1nc(Nc2cc(N(CC)CC)c(OC)cc2N=Nc2ncc(/C=C(\C(C)=O)C(=O)Nc3ccccc3)s2)nc(Nc2cc(N(CC)CC)c(OC)cc2N=Nc2nc(S(=O)(=O)O)c(/C=C(/C(C)=O)C(=O)Nc3ccccc3)s2)n1.O=S(=O)=O.O=S(=O)=O. The number of para-hydroxylation sites is 2. The van der Waals surface area contributed by atoms with E-state index >= 15 is 0 Å². The quantitative estimate of drug-likeness (QED) is 0.00797. The highest BCUT2D eigenvalue weighted by Gasteiger charge is 2.26. The molecule has 7 aromatic rings. The van der Waals surface area contributed by atoms with E-state index in [9.17, 15) is 32.1 Å². The van der Waals surface area contributed by atoms with Gasteiger partial charge < -0.3 is 40.5 Å². The molecule has 480 valence electrons. The first-order chi connectivity index (χ1) is 43.3. The van der Waals surface area contributed by atoms with Crippen LogP contribution in [-0.4, -0.2) is 133 Å². The summed E-state index contributed by atoms with van der Waals surface area (Å²) in [5.41, 5.74) is 3.05. The van der Waals surface area contributed by atoms with Crippen molar-refractivity contribution in [3.05, 3.63) is 112 Å².